The quantitative estimate of drug-likeness (QED) is 0.819. The Morgan fingerprint density at radius 3 is 2.71 bits per heavy atom. The second-order valence-electron chi connectivity index (χ2n) is 4.92. The molecule has 0 saturated carbocycles. The summed E-state index contributed by atoms with van der Waals surface area (Å²) in [7, 11) is 0. The van der Waals surface area contributed by atoms with Crippen LogP contribution in [0.15, 0.2) is 18.2 Å². The van der Waals surface area contributed by atoms with Gasteiger partial charge in [-0.25, -0.2) is 8.78 Å². The van der Waals surface area contributed by atoms with Crippen LogP contribution in [0.3, 0.4) is 0 Å². The molecule has 1 amide bonds. The molecule has 0 bridgehead atoms. The maximum absolute atomic E-state index is 14.0. The van der Waals surface area contributed by atoms with Gasteiger partial charge in [0, 0.05) is 24.8 Å². The highest BCUT2D eigenvalue weighted by Gasteiger charge is 2.39. The van der Waals surface area contributed by atoms with Gasteiger partial charge in [-0.2, -0.15) is 0 Å². The molecule has 1 aromatic rings. The van der Waals surface area contributed by atoms with Gasteiger partial charge in [0.15, 0.2) is 0 Å². The van der Waals surface area contributed by atoms with Crippen LogP contribution in [-0.2, 0) is 9.53 Å². The number of nitrogens with zero attached hydrogens (tertiary/aromatic N) is 1. The van der Waals surface area contributed by atoms with Gasteiger partial charge in [0.05, 0.1) is 12.6 Å². The molecule has 1 saturated heterocycles. The van der Waals surface area contributed by atoms with Crippen molar-refractivity contribution in [2.75, 3.05) is 19.8 Å². The van der Waals surface area contributed by atoms with E-state index >= 15 is 0 Å². The lowest BCUT2D eigenvalue weighted by molar-refractivity contribution is -0.130. The summed E-state index contributed by atoms with van der Waals surface area (Å²) in [4.78, 5) is 13.9. The third-order valence-corrected chi connectivity index (χ3v) is 3.60. The van der Waals surface area contributed by atoms with Crippen LogP contribution in [0.1, 0.15) is 32.0 Å². The SMILES string of the molecule is CCOCCN1C(=O)C(CC)NC1c1ccc(F)cc1F. The molecule has 6 heteroatoms. The highest BCUT2D eigenvalue weighted by Crippen LogP contribution is 2.28. The van der Waals surface area contributed by atoms with E-state index in [0.29, 0.717) is 26.2 Å². The number of hydrogen-bond acceptors (Lipinski definition) is 3. The second kappa shape index (κ2) is 6.95. The summed E-state index contributed by atoms with van der Waals surface area (Å²) in [5.74, 6) is -1.36. The summed E-state index contributed by atoms with van der Waals surface area (Å²) in [5, 5.41) is 3.10. The first-order chi connectivity index (χ1) is 10.1. The smallest absolute Gasteiger partial charge is 0.241 e. The Balaban J connectivity index is 2.23. The lowest BCUT2D eigenvalue weighted by Gasteiger charge is -2.24. The second-order valence-corrected chi connectivity index (χ2v) is 4.92. The number of benzene rings is 1. The Morgan fingerprint density at radius 2 is 2.10 bits per heavy atom. The molecule has 1 aliphatic heterocycles. The molecule has 2 atom stereocenters. The molecule has 21 heavy (non-hydrogen) atoms. The summed E-state index contributed by atoms with van der Waals surface area (Å²) in [6.45, 7) is 5.08. The van der Waals surface area contributed by atoms with Crippen molar-refractivity contribution in [2.45, 2.75) is 32.5 Å². The monoisotopic (exact) mass is 298 g/mol. The highest BCUT2D eigenvalue weighted by atomic mass is 19.1. The van der Waals surface area contributed by atoms with E-state index in [4.69, 9.17) is 4.74 Å². The summed E-state index contributed by atoms with van der Waals surface area (Å²) >= 11 is 0. The van der Waals surface area contributed by atoms with Gasteiger partial charge < -0.3 is 9.64 Å². The number of amides is 1. The average molecular weight is 298 g/mol. The Labute approximate surface area is 123 Å². The molecule has 1 aliphatic rings. The molecular formula is C15H20F2N2O2. The van der Waals surface area contributed by atoms with Crippen molar-refractivity contribution in [1.82, 2.24) is 10.2 Å². The number of carbonyl (C=O) groups excluding carboxylic acids is 1. The van der Waals surface area contributed by atoms with Crippen LogP contribution in [0.4, 0.5) is 8.78 Å². The molecule has 0 radical (unpaired) electrons. The third kappa shape index (κ3) is 3.39. The number of nitrogens with one attached hydrogen (secondary N) is 1. The van der Waals surface area contributed by atoms with E-state index in [2.05, 4.69) is 5.32 Å². The zero-order valence-electron chi connectivity index (χ0n) is 12.2. The Bertz CT molecular complexity index is 510. The van der Waals surface area contributed by atoms with Crippen LogP contribution in [0.2, 0.25) is 0 Å². The zero-order chi connectivity index (χ0) is 15.4. The van der Waals surface area contributed by atoms with Gasteiger partial charge in [-0.1, -0.05) is 6.92 Å². The fourth-order valence-electron chi connectivity index (χ4n) is 2.50. The van der Waals surface area contributed by atoms with Gasteiger partial charge in [-0.05, 0) is 25.5 Å². The molecule has 1 heterocycles. The number of hydrogen-bond donors (Lipinski definition) is 1. The van der Waals surface area contributed by atoms with E-state index in [1.807, 2.05) is 13.8 Å². The van der Waals surface area contributed by atoms with E-state index in [9.17, 15) is 13.6 Å². The van der Waals surface area contributed by atoms with Crippen LogP contribution in [0.25, 0.3) is 0 Å². The largest absolute Gasteiger partial charge is 0.380 e. The molecule has 1 aromatic carbocycles. The number of carbonyl (C=O) groups is 1. The number of rotatable bonds is 6. The van der Waals surface area contributed by atoms with Crippen molar-refractivity contribution in [3.05, 3.63) is 35.4 Å². The van der Waals surface area contributed by atoms with Gasteiger partial charge in [0.25, 0.3) is 0 Å². The fourth-order valence-corrected chi connectivity index (χ4v) is 2.50. The topological polar surface area (TPSA) is 41.6 Å². The molecule has 116 valence electrons. The van der Waals surface area contributed by atoms with Crippen LogP contribution >= 0.6 is 0 Å². The molecule has 2 rings (SSSR count). The van der Waals surface area contributed by atoms with E-state index in [0.717, 1.165) is 6.07 Å². The minimum Gasteiger partial charge on any atom is -0.380 e. The van der Waals surface area contributed by atoms with Crippen molar-refractivity contribution in [3.63, 3.8) is 0 Å². The molecule has 0 aromatic heterocycles. The van der Waals surface area contributed by atoms with Crippen LogP contribution in [-0.4, -0.2) is 36.6 Å². The maximum atomic E-state index is 14.0. The van der Waals surface area contributed by atoms with Gasteiger partial charge in [-0.15, -0.1) is 0 Å². The van der Waals surface area contributed by atoms with Crippen LogP contribution in [0, 0.1) is 11.6 Å². The van der Waals surface area contributed by atoms with Crippen molar-refractivity contribution >= 4 is 5.91 Å². The minimum atomic E-state index is -0.654. The lowest BCUT2D eigenvalue weighted by Crippen LogP contribution is -2.34. The first-order valence-corrected chi connectivity index (χ1v) is 7.17. The summed E-state index contributed by atoms with van der Waals surface area (Å²) in [5.41, 5.74) is 0.275. The highest BCUT2D eigenvalue weighted by molar-refractivity contribution is 5.84. The van der Waals surface area contributed by atoms with Gasteiger partial charge in [-0.3, -0.25) is 10.1 Å². The molecule has 0 aliphatic carbocycles. The first kappa shape index (κ1) is 15.9. The van der Waals surface area contributed by atoms with E-state index in [1.165, 1.54) is 12.1 Å². The Hall–Kier alpha value is -1.53. The number of halogens is 2. The standard InChI is InChI=1S/C15H20F2N2O2/c1-3-13-15(20)19(7-8-21-4-2)14(18-13)11-6-5-10(16)9-12(11)17/h5-6,9,13-14,18H,3-4,7-8H2,1-2H3. The molecule has 2 unspecified atom stereocenters. The summed E-state index contributed by atoms with van der Waals surface area (Å²) < 4.78 is 32.3. The summed E-state index contributed by atoms with van der Waals surface area (Å²) in [6.07, 6.45) is 0.0343. The van der Waals surface area contributed by atoms with E-state index in [1.54, 1.807) is 4.90 Å². The maximum Gasteiger partial charge on any atom is 0.241 e. The number of ether oxygens (including phenoxy) is 1. The Kier molecular flexibility index (Phi) is 5.25. The third-order valence-electron chi connectivity index (χ3n) is 3.60. The van der Waals surface area contributed by atoms with Crippen molar-refractivity contribution in [2.24, 2.45) is 0 Å². The van der Waals surface area contributed by atoms with Crippen molar-refractivity contribution in [3.8, 4) is 0 Å². The van der Waals surface area contributed by atoms with Crippen LogP contribution in [0.5, 0.6) is 0 Å². The van der Waals surface area contributed by atoms with Crippen LogP contribution < -0.4 is 5.32 Å². The minimum absolute atomic E-state index is 0.0778. The van der Waals surface area contributed by atoms with Crippen molar-refractivity contribution < 1.29 is 18.3 Å². The van der Waals surface area contributed by atoms with Crippen molar-refractivity contribution in [1.29, 1.82) is 0 Å². The lowest BCUT2D eigenvalue weighted by atomic mass is 10.1. The van der Waals surface area contributed by atoms with E-state index < -0.39 is 17.8 Å². The molecular weight excluding hydrogens is 278 g/mol. The van der Waals surface area contributed by atoms with Gasteiger partial charge >= 0.3 is 0 Å². The predicted molar refractivity (Wildman–Crippen MR) is 74.5 cm³/mol. The summed E-state index contributed by atoms with van der Waals surface area (Å²) in [6, 6.07) is 3.06. The normalized spacial score (nSPS) is 22.1. The van der Waals surface area contributed by atoms with Gasteiger partial charge in [0.2, 0.25) is 5.91 Å². The fraction of sp³-hybridized carbons (Fsp3) is 0.533. The predicted octanol–water partition coefficient (Wildman–Crippen LogP) is 2.21. The Morgan fingerprint density at radius 1 is 1.33 bits per heavy atom. The van der Waals surface area contributed by atoms with Gasteiger partial charge in [0.1, 0.15) is 17.8 Å². The van der Waals surface area contributed by atoms with E-state index in [-0.39, 0.29) is 17.5 Å². The molecule has 1 fully saturated rings. The average Bonchev–Trinajstić information content (AvgIpc) is 2.76. The zero-order valence-corrected chi connectivity index (χ0v) is 12.2. The molecule has 0 spiro atoms. The first-order valence-electron chi connectivity index (χ1n) is 7.17. The molecule has 4 nitrogen and oxygen atoms in total. The molecule has 1 N–H and O–H groups in total.